The summed E-state index contributed by atoms with van der Waals surface area (Å²) in [6.45, 7) is 1.82. The van der Waals surface area contributed by atoms with E-state index in [1.54, 1.807) is 0 Å². The highest BCUT2D eigenvalue weighted by Gasteiger charge is 2.19. The summed E-state index contributed by atoms with van der Waals surface area (Å²) in [5.41, 5.74) is 0.379. The standard InChI is InChI=1S/C13H11F2NO2S/c1-2-9-10(6-11(17)18)19-13(16-9)12-7(14)4-3-5-8(12)15/h3-5H,2,6H2,1H3,(H,17,18). The Labute approximate surface area is 112 Å². The molecule has 0 saturated heterocycles. The van der Waals surface area contributed by atoms with Crippen molar-refractivity contribution in [2.75, 3.05) is 0 Å². The van der Waals surface area contributed by atoms with Crippen molar-refractivity contribution in [2.45, 2.75) is 19.8 Å². The largest absolute Gasteiger partial charge is 0.481 e. The first-order valence-corrected chi connectivity index (χ1v) is 6.49. The normalized spacial score (nSPS) is 10.7. The topological polar surface area (TPSA) is 50.2 Å². The number of halogens is 2. The van der Waals surface area contributed by atoms with Gasteiger partial charge in [-0.1, -0.05) is 13.0 Å². The van der Waals surface area contributed by atoms with Gasteiger partial charge in [0.2, 0.25) is 0 Å². The molecule has 0 unspecified atom stereocenters. The lowest BCUT2D eigenvalue weighted by atomic mass is 10.2. The van der Waals surface area contributed by atoms with E-state index in [0.717, 1.165) is 23.5 Å². The molecule has 2 rings (SSSR count). The highest BCUT2D eigenvalue weighted by Crippen LogP contribution is 2.32. The van der Waals surface area contributed by atoms with Gasteiger partial charge in [0.15, 0.2) is 0 Å². The van der Waals surface area contributed by atoms with E-state index in [1.165, 1.54) is 6.07 Å². The molecule has 2 aromatic rings. The van der Waals surface area contributed by atoms with Gasteiger partial charge in [-0.15, -0.1) is 11.3 Å². The molecule has 0 aliphatic heterocycles. The number of aromatic nitrogens is 1. The minimum atomic E-state index is -0.987. The Morgan fingerprint density at radius 2 is 2.00 bits per heavy atom. The summed E-state index contributed by atoms with van der Waals surface area (Å²) in [6, 6.07) is 3.59. The van der Waals surface area contributed by atoms with E-state index >= 15 is 0 Å². The Hall–Kier alpha value is -1.82. The number of benzene rings is 1. The van der Waals surface area contributed by atoms with E-state index in [2.05, 4.69) is 4.98 Å². The smallest absolute Gasteiger partial charge is 0.308 e. The summed E-state index contributed by atoms with van der Waals surface area (Å²) in [6.07, 6.45) is 0.339. The van der Waals surface area contributed by atoms with Gasteiger partial charge in [0.25, 0.3) is 0 Å². The van der Waals surface area contributed by atoms with Crippen molar-refractivity contribution in [1.82, 2.24) is 4.98 Å². The number of aryl methyl sites for hydroxylation is 1. The minimum Gasteiger partial charge on any atom is -0.481 e. The lowest BCUT2D eigenvalue weighted by Gasteiger charge is -1.99. The highest BCUT2D eigenvalue weighted by molar-refractivity contribution is 7.15. The number of thiazole rings is 1. The Kier molecular flexibility index (Phi) is 3.90. The summed E-state index contributed by atoms with van der Waals surface area (Å²) in [5.74, 6) is -2.38. The van der Waals surface area contributed by atoms with Crippen LogP contribution in [0.5, 0.6) is 0 Å². The molecule has 0 fully saturated rings. The van der Waals surface area contributed by atoms with Crippen molar-refractivity contribution in [3.63, 3.8) is 0 Å². The average molecular weight is 283 g/mol. The van der Waals surface area contributed by atoms with Crippen LogP contribution in [0.2, 0.25) is 0 Å². The molecule has 0 radical (unpaired) electrons. The molecule has 19 heavy (non-hydrogen) atoms. The zero-order chi connectivity index (χ0) is 14.0. The fraction of sp³-hybridized carbons (Fsp3) is 0.231. The van der Waals surface area contributed by atoms with Gasteiger partial charge in [-0.05, 0) is 18.6 Å². The quantitative estimate of drug-likeness (QED) is 0.936. The molecule has 0 saturated carbocycles. The van der Waals surface area contributed by atoms with E-state index < -0.39 is 17.6 Å². The Balaban J connectivity index is 2.51. The van der Waals surface area contributed by atoms with Crippen LogP contribution in [0.3, 0.4) is 0 Å². The van der Waals surface area contributed by atoms with Crippen molar-refractivity contribution >= 4 is 17.3 Å². The van der Waals surface area contributed by atoms with Gasteiger partial charge < -0.3 is 5.11 Å². The number of carbonyl (C=O) groups is 1. The molecular formula is C13H11F2NO2S. The lowest BCUT2D eigenvalue weighted by molar-refractivity contribution is -0.136. The van der Waals surface area contributed by atoms with Crippen molar-refractivity contribution in [1.29, 1.82) is 0 Å². The van der Waals surface area contributed by atoms with Crippen LogP contribution in [0.25, 0.3) is 10.6 Å². The maximum Gasteiger partial charge on any atom is 0.308 e. The molecular weight excluding hydrogens is 272 g/mol. The number of hydrogen-bond donors (Lipinski definition) is 1. The van der Waals surface area contributed by atoms with E-state index in [1.807, 2.05) is 6.92 Å². The monoisotopic (exact) mass is 283 g/mol. The number of hydrogen-bond acceptors (Lipinski definition) is 3. The zero-order valence-corrected chi connectivity index (χ0v) is 10.9. The van der Waals surface area contributed by atoms with Crippen molar-refractivity contribution < 1.29 is 18.7 Å². The van der Waals surface area contributed by atoms with Gasteiger partial charge in [0.1, 0.15) is 16.6 Å². The van der Waals surface area contributed by atoms with Crippen LogP contribution in [0.15, 0.2) is 18.2 Å². The second-order valence-corrected chi connectivity index (χ2v) is 4.99. The van der Waals surface area contributed by atoms with E-state index in [4.69, 9.17) is 5.11 Å². The van der Waals surface area contributed by atoms with Gasteiger partial charge in [-0.3, -0.25) is 4.79 Å². The first-order valence-electron chi connectivity index (χ1n) is 5.67. The molecule has 6 heteroatoms. The lowest BCUT2D eigenvalue weighted by Crippen LogP contribution is -2.00. The number of rotatable bonds is 4. The molecule has 0 aliphatic carbocycles. The van der Waals surface area contributed by atoms with Gasteiger partial charge >= 0.3 is 5.97 Å². The van der Waals surface area contributed by atoms with Crippen LogP contribution in [0, 0.1) is 11.6 Å². The van der Waals surface area contributed by atoms with Crippen LogP contribution >= 0.6 is 11.3 Å². The third-order valence-corrected chi connectivity index (χ3v) is 3.72. The number of nitrogens with zero attached hydrogens (tertiary/aromatic N) is 1. The second-order valence-electron chi connectivity index (χ2n) is 3.91. The molecule has 1 N–H and O–H groups in total. The molecule has 100 valence electrons. The minimum absolute atomic E-state index is 0.184. The van der Waals surface area contributed by atoms with Crippen molar-refractivity contribution in [3.8, 4) is 10.6 Å². The van der Waals surface area contributed by atoms with E-state index in [-0.39, 0.29) is 17.0 Å². The Morgan fingerprint density at radius 1 is 1.37 bits per heavy atom. The summed E-state index contributed by atoms with van der Waals surface area (Å²) < 4.78 is 27.3. The molecule has 0 atom stereocenters. The predicted octanol–water partition coefficient (Wildman–Crippen LogP) is 3.28. The maximum atomic E-state index is 13.7. The first-order chi connectivity index (χ1) is 9.02. The Bertz CT molecular complexity index is 605. The van der Waals surface area contributed by atoms with Crippen LogP contribution in [-0.4, -0.2) is 16.1 Å². The first kappa shape index (κ1) is 13.6. The molecule has 0 aliphatic rings. The molecule has 1 aromatic heterocycles. The van der Waals surface area contributed by atoms with Crippen LogP contribution in [0.4, 0.5) is 8.78 Å². The summed E-state index contributed by atoms with van der Waals surface area (Å²) in [4.78, 5) is 15.4. The fourth-order valence-corrected chi connectivity index (χ4v) is 2.93. The summed E-state index contributed by atoms with van der Waals surface area (Å²) in [7, 11) is 0. The average Bonchev–Trinajstić information content (AvgIpc) is 2.71. The summed E-state index contributed by atoms with van der Waals surface area (Å²) in [5, 5.41) is 8.99. The van der Waals surface area contributed by atoms with Gasteiger partial charge in [0, 0.05) is 4.88 Å². The molecule has 1 heterocycles. The van der Waals surface area contributed by atoms with E-state index in [0.29, 0.717) is 17.0 Å². The Morgan fingerprint density at radius 3 is 2.53 bits per heavy atom. The van der Waals surface area contributed by atoms with Gasteiger partial charge in [0.05, 0.1) is 17.7 Å². The molecule has 0 spiro atoms. The zero-order valence-electron chi connectivity index (χ0n) is 10.1. The molecule has 1 aromatic carbocycles. The second kappa shape index (κ2) is 5.44. The van der Waals surface area contributed by atoms with E-state index in [9.17, 15) is 13.6 Å². The predicted molar refractivity (Wildman–Crippen MR) is 68.2 cm³/mol. The number of carboxylic acid groups (broad SMARTS) is 1. The molecule has 0 bridgehead atoms. The fourth-order valence-electron chi connectivity index (χ4n) is 1.74. The number of carboxylic acids is 1. The third-order valence-electron chi connectivity index (χ3n) is 2.60. The third kappa shape index (κ3) is 2.78. The SMILES string of the molecule is CCc1nc(-c2c(F)cccc2F)sc1CC(=O)O. The van der Waals surface area contributed by atoms with Gasteiger partial charge in [-0.25, -0.2) is 13.8 Å². The summed E-state index contributed by atoms with van der Waals surface area (Å²) >= 11 is 1.02. The molecule has 3 nitrogen and oxygen atoms in total. The van der Waals surface area contributed by atoms with Crippen molar-refractivity contribution in [2.24, 2.45) is 0 Å². The van der Waals surface area contributed by atoms with Gasteiger partial charge in [-0.2, -0.15) is 0 Å². The van der Waals surface area contributed by atoms with Crippen LogP contribution in [-0.2, 0) is 17.6 Å². The molecule has 0 amide bonds. The van der Waals surface area contributed by atoms with Crippen LogP contribution < -0.4 is 0 Å². The van der Waals surface area contributed by atoms with Crippen LogP contribution in [0.1, 0.15) is 17.5 Å². The number of aliphatic carboxylic acids is 1. The van der Waals surface area contributed by atoms with Crippen molar-refractivity contribution in [3.05, 3.63) is 40.4 Å². The highest BCUT2D eigenvalue weighted by atomic mass is 32.1. The maximum absolute atomic E-state index is 13.7.